The fourth-order valence-corrected chi connectivity index (χ4v) is 5.21. The second-order valence-electron chi connectivity index (χ2n) is 10.3. The van der Waals surface area contributed by atoms with Gasteiger partial charge in [-0.3, -0.25) is 4.79 Å². The summed E-state index contributed by atoms with van der Waals surface area (Å²) in [7, 11) is 1.61. The molecule has 0 fully saturated rings. The van der Waals surface area contributed by atoms with Gasteiger partial charge in [-0.05, 0) is 42.5 Å². The lowest BCUT2D eigenvalue weighted by Crippen LogP contribution is -2.43. The van der Waals surface area contributed by atoms with Crippen molar-refractivity contribution in [3.05, 3.63) is 82.1 Å². The molecule has 1 atom stereocenters. The van der Waals surface area contributed by atoms with Crippen molar-refractivity contribution in [2.45, 2.75) is 46.1 Å². The van der Waals surface area contributed by atoms with Gasteiger partial charge in [0.15, 0.2) is 17.3 Å². The molecule has 0 radical (unpaired) electrons. The molecule has 4 rings (SSSR count). The predicted molar refractivity (Wildman–Crippen MR) is 142 cm³/mol. The molecular weight excluding hydrogens is 485 g/mol. The highest BCUT2D eigenvalue weighted by Gasteiger charge is 2.44. The van der Waals surface area contributed by atoms with Crippen molar-refractivity contribution in [2.75, 3.05) is 26.9 Å². The summed E-state index contributed by atoms with van der Waals surface area (Å²) in [4.78, 5) is 15.5. The third-order valence-electron chi connectivity index (χ3n) is 6.95. The van der Waals surface area contributed by atoms with Crippen LogP contribution in [0.1, 0.15) is 50.7 Å². The van der Waals surface area contributed by atoms with Gasteiger partial charge in [-0.2, -0.15) is 5.26 Å². The smallest absolute Gasteiger partial charge is 0.162 e. The lowest BCUT2D eigenvalue weighted by molar-refractivity contribution is -0.118. The number of nitriles is 1. The second-order valence-corrected chi connectivity index (χ2v) is 10.3. The molecule has 2 N–H and O–H groups in total. The quantitative estimate of drug-likeness (QED) is 0.487. The number of nitrogens with zero attached hydrogens (tertiary/aromatic N) is 2. The SMILES string of the molecule is CCOc1cc([C@H]2C(C#N)=C(N)N(CCOC)C3=C2C(=O)CC(C)(C)C3)ccc1OCc1ccccc1F. The second kappa shape index (κ2) is 11.3. The summed E-state index contributed by atoms with van der Waals surface area (Å²) in [6.45, 7) is 7.23. The summed E-state index contributed by atoms with van der Waals surface area (Å²) < 4.78 is 31.2. The number of Topliss-reactive ketones (excluding diaryl/α,β-unsaturated/α-hetero) is 1. The first-order valence-electron chi connectivity index (χ1n) is 12.8. The topological polar surface area (TPSA) is 97.8 Å². The fraction of sp³-hybridized carbons (Fsp3) is 0.400. The monoisotopic (exact) mass is 519 g/mol. The first-order chi connectivity index (χ1) is 18.2. The average molecular weight is 520 g/mol. The zero-order valence-corrected chi connectivity index (χ0v) is 22.3. The van der Waals surface area contributed by atoms with E-state index in [1.807, 2.05) is 17.9 Å². The van der Waals surface area contributed by atoms with Gasteiger partial charge in [0.25, 0.3) is 0 Å². The number of carbonyl (C=O) groups is 1. The maximum absolute atomic E-state index is 14.1. The van der Waals surface area contributed by atoms with Crippen molar-refractivity contribution < 1.29 is 23.4 Å². The van der Waals surface area contributed by atoms with Crippen LogP contribution in [0.25, 0.3) is 0 Å². The van der Waals surface area contributed by atoms with E-state index in [0.717, 1.165) is 5.70 Å². The van der Waals surface area contributed by atoms with E-state index >= 15 is 0 Å². The summed E-state index contributed by atoms with van der Waals surface area (Å²) in [5.41, 5.74) is 9.22. The zero-order chi connectivity index (χ0) is 27.4. The predicted octanol–water partition coefficient (Wildman–Crippen LogP) is 5.19. The molecule has 2 aliphatic rings. The summed E-state index contributed by atoms with van der Waals surface area (Å²) in [6, 6.07) is 14.0. The van der Waals surface area contributed by atoms with E-state index in [2.05, 4.69) is 19.9 Å². The third-order valence-corrected chi connectivity index (χ3v) is 6.95. The molecule has 0 bridgehead atoms. The average Bonchev–Trinajstić information content (AvgIpc) is 2.87. The lowest BCUT2D eigenvalue weighted by Gasteiger charge is -2.43. The molecule has 1 aliphatic heterocycles. The summed E-state index contributed by atoms with van der Waals surface area (Å²) in [6.07, 6.45) is 1.02. The minimum atomic E-state index is -0.628. The Kier molecular flexibility index (Phi) is 8.08. The van der Waals surface area contributed by atoms with Crippen LogP contribution >= 0.6 is 0 Å². The molecular formula is C30H34FN3O4. The van der Waals surface area contributed by atoms with Gasteiger partial charge < -0.3 is 24.8 Å². The van der Waals surface area contributed by atoms with Crippen LogP contribution in [-0.4, -0.2) is 37.6 Å². The number of ketones is 1. The van der Waals surface area contributed by atoms with Crippen molar-refractivity contribution in [2.24, 2.45) is 11.1 Å². The van der Waals surface area contributed by atoms with Crippen molar-refractivity contribution in [3.8, 4) is 17.6 Å². The number of benzene rings is 2. The van der Waals surface area contributed by atoms with Crippen molar-refractivity contribution in [1.82, 2.24) is 4.90 Å². The Morgan fingerprint density at radius 1 is 1.16 bits per heavy atom. The Bertz CT molecular complexity index is 1330. The molecule has 0 aromatic heterocycles. The van der Waals surface area contributed by atoms with E-state index in [-0.39, 0.29) is 23.6 Å². The minimum Gasteiger partial charge on any atom is -0.490 e. The molecule has 38 heavy (non-hydrogen) atoms. The van der Waals surface area contributed by atoms with Gasteiger partial charge in [-0.25, -0.2) is 4.39 Å². The van der Waals surface area contributed by atoms with Gasteiger partial charge in [0, 0.05) is 36.9 Å². The molecule has 2 aromatic rings. The number of hydrogen-bond donors (Lipinski definition) is 1. The summed E-state index contributed by atoms with van der Waals surface area (Å²) in [5, 5.41) is 10.2. The Labute approximate surface area is 223 Å². The molecule has 0 unspecified atom stereocenters. The van der Waals surface area contributed by atoms with Gasteiger partial charge >= 0.3 is 0 Å². The van der Waals surface area contributed by atoms with Crippen LogP contribution in [-0.2, 0) is 16.1 Å². The first kappa shape index (κ1) is 27.2. The zero-order valence-electron chi connectivity index (χ0n) is 22.3. The summed E-state index contributed by atoms with van der Waals surface area (Å²) >= 11 is 0. The van der Waals surface area contributed by atoms with Gasteiger partial charge in [-0.15, -0.1) is 0 Å². The van der Waals surface area contributed by atoms with Gasteiger partial charge in [0.2, 0.25) is 0 Å². The molecule has 0 amide bonds. The number of methoxy groups -OCH3 is 1. The van der Waals surface area contributed by atoms with Crippen molar-refractivity contribution >= 4 is 5.78 Å². The molecule has 2 aromatic carbocycles. The normalized spacial score (nSPS) is 18.8. The van der Waals surface area contributed by atoms with Crippen LogP contribution in [0.4, 0.5) is 4.39 Å². The van der Waals surface area contributed by atoms with Gasteiger partial charge in [-0.1, -0.05) is 38.1 Å². The Balaban J connectivity index is 1.78. The largest absolute Gasteiger partial charge is 0.490 e. The molecule has 7 nitrogen and oxygen atoms in total. The highest BCUT2D eigenvalue weighted by atomic mass is 19.1. The Morgan fingerprint density at radius 2 is 1.92 bits per heavy atom. The Morgan fingerprint density at radius 3 is 2.61 bits per heavy atom. The molecule has 1 aliphatic carbocycles. The minimum absolute atomic E-state index is 0.00163. The van der Waals surface area contributed by atoms with Gasteiger partial charge in [0.05, 0.1) is 30.8 Å². The van der Waals surface area contributed by atoms with Crippen LogP contribution < -0.4 is 15.2 Å². The first-order valence-corrected chi connectivity index (χ1v) is 12.8. The van der Waals surface area contributed by atoms with Crippen LogP contribution in [0.2, 0.25) is 0 Å². The van der Waals surface area contributed by atoms with Crippen molar-refractivity contribution in [3.63, 3.8) is 0 Å². The van der Waals surface area contributed by atoms with Gasteiger partial charge in [0.1, 0.15) is 18.2 Å². The molecule has 1 heterocycles. The number of nitrogens with two attached hydrogens (primary N) is 1. The van der Waals surface area contributed by atoms with E-state index in [4.69, 9.17) is 19.9 Å². The van der Waals surface area contributed by atoms with Crippen LogP contribution in [0.3, 0.4) is 0 Å². The number of carbonyl (C=O) groups excluding carboxylic acids is 1. The van der Waals surface area contributed by atoms with E-state index in [1.165, 1.54) is 6.07 Å². The highest BCUT2D eigenvalue weighted by molar-refractivity contribution is 6.00. The van der Waals surface area contributed by atoms with Crippen LogP contribution in [0.15, 0.2) is 65.1 Å². The van der Waals surface area contributed by atoms with E-state index in [1.54, 1.807) is 37.4 Å². The van der Waals surface area contributed by atoms with Crippen LogP contribution in [0, 0.1) is 22.6 Å². The van der Waals surface area contributed by atoms with Crippen molar-refractivity contribution in [1.29, 1.82) is 5.26 Å². The number of rotatable bonds is 9. The van der Waals surface area contributed by atoms with E-state index in [9.17, 15) is 14.4 Å². The third kappa shape index (κ3) is 5.39. The molecule has 0 saturated heterocycles. The van der Waals surface area contributed by atoms with Crippen LogP contribution in [0.5, 0.6) is 11.5 Å². The molecule has 0 saturated carbocycles. The standard InChI is InChI=1S/C30H34FN3O4/c1-5-37-26-14-19(10-11-25(26)38-18-20-8-6-7-9-22(20)31)27-21(17-32)29(33)34(12-13-36-4)23-15-30(2,3)16-24(35)28(23)27/h6-11,14,27H,5,12-13,15-16,18,33H2,1-4H3/t27-/m0/s1. The number of allylic oxidation sites excluding steroid dienone is 3. The number of ether oxygens (including phenoxy) is 3. The molecule has 0 spiro atoms. The highest BCUT2D eigenvalue weighted by Crippen LogP contribution is 2.49. The maximum atomic E-state index is 14.1. The van der Waals surface area contributed by atoms with E-state index < -0.39 is 5.92 Å². The molecule has 8 heteroatoms. The maximum Gasteiger partial charge on any atom is 0.162 e. The summed E-state index contributed by atoms with van der Waals surface area (Å²) in [5.74, 6) is 0.248. The number of hydrogen-bond acceptors (Lipinski definition) is 7. The fourth-order valence-electron chi connectivity index (χ4n) is 5.21. The lowest BCUT2D eigenvalue weighted by atomic mass is 9.68. The van der Waals surface area contributed by atoms with E-state index in [0.29, 0.717) is 72.2 Å². The number of halogens is 1. The molecule has 200 valence electrons. The Hall–Kier alpha value is -3.83.